The molecule has 0 spiro atoms. The first-order chi connectivity index (χ1) is 22.2. The molecule has 10 heteroatoms. The zero-order valence-electron chi connectivity index (χ0n) is 25.7. The number of nitrogens with zero attached hydrogens (tertiary/aromatic N) is 2. The van der Waals surface area contributed by atoms with Gasteiger partial charge in [-0.15, -0.1) is 0 Å². The quantitative estimate of drug-likeness (QED) is 0.175. The maximum atomic E-state index is 14.6. The Balaban J connectivity index is 1.54. The number of benzene rings is 4. The summed E-state index contributed by atoms with van der Waals surface area (Å²) in [5, 5.41) is 3.20. The number of carbonyl (C=O) groups excluding carboxylic acids is 2. The van der Waals surface area contributed by atoms with Crippen LogP contribution in [0.3, 0.4) is 0 Å². The van der Waals surface area contributed by atoms with Crippen molar-refractivity contribution in [2.45, 2.75) is 55.6 Å². The number of hydrogen-bond acceptors (Lipinski definition) is 5. The molecule has 0 radical (unpaired) electrons. The highest BCUT2D eigenvalue weighted by molar-refractivity contribution is 9.10. The lowest BCUT2D eigenvalue weighted by atomic mass is 10.0. The number of halogens is 1. The molecule has 2 amide bonds. The maximum Gasteiger partial charge on any atom is 0.264 e. The summed E-state index contributed by atoms with van der Waals surface area (Å²) >= 11 is 3.47. The van der Waals surface area contributed by atoms with Gasteiger partial charge in [0.25, 0.3) is 10.0 Å². The summed E-state index contributed by atoms with van der Waals surface area (Å²) < 4.78 is 35.5. The SMILES string of the molecule is COc1ccc(S(=O)(=O)N(CC(=O)N(Cc2ccc(Br)cc2)C(Cc2ccccc2)C(=O)NC2CCCC2)c2ccccc2)cc1. The van der Waals surface area contributed by atoms with E-state index in [2.05, 4.69) is 21.2 Å². The van der Waals surface area contributed by atoms with Gasteiger partial charge in [0.15, 0.2) is 0 Å². The van der Waals surface area contributed by atoms with Gasteiger partial charge in [-0.05, 0) is 72.5 Å². The van der Waals surface area contributed by atoms with Crippen LogP contribution in [0.1, 0.15) is 36.8 Å². The van der Waals surface area contributed by atoms with E-state index < -0.39 is 28.5 Å². The summed E-state index contributed by atoms with van der Waals surface area (Å²) in [7, 11) is -2.68. The second-order valence-corrected chi connectivity index (χ2v) is 14.1. The molecule has 0 saturated heterocycles. The molecule has 1 unspecified atom stereocenters. The van der Waals surface area contributed by atoms with E-state index in [1.807, 2.05) is 54.6 Å². The Kier molecular flexibility index (Phi) is 11.1. The molecule has 0 aromatic heterocycles. The highest BCUT2D eigenvalue weighted by Crippen LogP contribution is 2.27. The third-order valence-corrected chi connectivity index (χ3v) is 10.5. The molecule has 1 atom stereocenters. The van der Waals surface area contributed by atoms with Crippen molar-refractivity contribution in [2.75, 3.05) is 18.0 Å². The summed E-state index contributed by atoms with van der Waals surface area (Å²) in [6.45, 7) is -0.385. The average molecular weight is 705 g/mol. The van der Waals surface area contributed by atoms with Gasteiger partial charge in [-0.3, -0.25) is 13.9 Å². The Morgan fingerprint density at radius 1 is 0.848 bits per heavy atom. The van der Waals surface area contributed by atoms with E-state index in [9.17, 15) is 18.0 Å². The number of anilines is 1. The molecule has 0 bridgehead atoms. The van der Waals surface area contributed by atoms with Crippen LogP contribution >= 0.6 is 15.9 Å². The van der Waals surface area contributed by atoms with Crippen molar-refractivity contribution in [3.63, 3.8) is 0 Å². The molecule has 1 N–H and O–H groups in total. The molecule has 8 nitrogen and oxygen atoms in total. The van der Waals surface area contributed by atoms with Crippen molar-refractivity contribution >= 4 is 43.5 Å². The highest BCUT2D eigenvalue weighted by Gasteiger charge is 2.35. The second kappa shape index (κ2) is 15.4. The molecule has 0 aliphatic heterocycles. The van der Waals surface area contributed by atoms with Crippen LogP contribution in [0.2, 0.25) is 0 Å². The molecule has 46 heavy (non-hydrogen) atoms. The van der Waals surface area contributed by atoms with Gasteiger partial charge >= 0.3 is 0 Å². The fourth-order valence-electron chi connectivity index (χ4n) is 5.71. The predicted molar refractivity (Wildman–Crippen MR) is 183 cm³/mol. The highest BCUT2D eigenvalue weighted by atomic mass is 79.9. The molecule has 1 saturated carbocycles. The Hall–Kier alpha value is -4.15. The summed E-state index contributed by atoms with van der Waals surface area (Å²) in [6.07, 6.45) is 4.16. The molecular weight excluding hydrogens is 666 g/mol. The van der Waals surface area contributed by atoms with Crippen LogP contribution in [0.15, 0.2) is 119 Å². The van der Waals surface area contributed by atoms with E-state index in [1.54, 1.807) is 42.5 Å². The van der Waals surface area contributed by atoms with Gasteiger partial charge in [-0.25, -0.2) is 8.42 Å². The van der Waals surface area contributed by atoms with Crippen LogP contribution < -0.4 is 14.4 Å². The van der Waals surface area contributed by atoms with E-state index >= 15 is 0 Å². The first-order valence-electron chi connectivity index (χ1n) is 15.3. The van der Waals surface area contributed by atoms with E-state index in [1.165, 1.54) is 24.1 Å². The zero-order chi connectivity index (χ0) is 32.5. The molecule has 4 aromatic rings. The summed E-state index contributed by atoms with van der Waals surface area (Å²) in [4.78, 5) is 30.2. The van der Waals surface area contributed by atoms with Crippen LogP contribution in [0.25, 0.3) is 0 Å². The Labute approximate surface area is 279 Å². The fourth-order valence-corrected chi connectivity index (χ4v) is 7.38. The minimum atomic E-state index is -4.19. The van der Waals surface area contributed by atoms with E-state index in [0.29, 0.717) is 11.4 Å². The second-order valence-electron chi connectivity index (χ2n) is 11.4. The number of sulfonamides is 1. The number of carbonyl (C=O) groups is 2. The molecule has 5 rings (SSSR count). The van der Waals surface area contributed by atoms with Crippen molar-refractivity contribution in [3.8, 4) is 5.75 Å². The third kappa shape index (κ3) is 8.35. The minimum Gasteiger partial charge on any atom is -0.497 e. The van der Waals surface area contributed by atoms with Gasteiger partial charge in [0.05, 0.1) is 17.7 Å². The van der Waals surface area contributed by atoms with Crippen LogP contribution in [0, 0.1) is 0 Å². The summed E-state index contributed by atoms with van der Waals surface area (Å²) in [5.41, 5.74) is 2.05. The topological polar surface area (TPSA) is 96.0 Å². The number of methoxy groups -OCH3 is 1. The number of amides is 2. The normalized spacial score (nSPS) is 14.0. The number of ether oxygens (including phenoxy) is 1. The summed E-state index contributed by atoms with van der Waals surface area (Å²) in [6, 6.07) is 30.9. The van der Waals surface area contributed by atoms with Crippen molar-refractivity contribution in [2.24, 2.45) is 0 Å². The van der Waals surface area contributed by atoms with Crippen LogP contribution in [0.5, 0.6) is 5.75 Å². The summed E-state index contributed by atoms with van der Waals surface area (Å²) in [5.74, 6) is -0.226. The van der Waals surface area contributed by atoms with Crippen LogP contribution in [-0.2, 0) is 32.6 Å². The van der Waals surface area contributed by atoms with Gasteiger partial charge in [0.1, 0.15) is 18.3 Å². The molecule has 4 aromatic carbocycles. The van der Waals surface area contributed by atoms with Crippen molar-refractivity contribution < 1.29 is 22.7 Å². The molecule has 240 valence electrons. The number of para-hydroxylation sites is 1. The third-order valence-electron chi connectivity index (χ3n) is 8.21. The van der Waals surface area contributed by atoms with E-state index in [0.717, 1.165) is 45.6 Å². The molecule has 0 heterocycles. The lowest BCUT2D eigenvalue weighted by Crippen LogP contribution is -2.54. The van der Waals surface area contributed by atoms with Crippen molar-refractivity contribution in [1.29, 1.82) is 0 Å². The average Bonchev–Trinajstić information content (AvgIpc) is 3.59. The van der Waals surface area contributed by atoms with E-state index in [4.69, 9.17) is 4.74 Å². The monoisotopic (exact) mass is 703 g/mol. The van der Waals surface area contributed by atoms with Gasteiger partial charge < -0.3 is 15.0 Å². The lowest BCUT2D eigenvalue weighted by Gasteiger charge is -2.34. The molecular formula is C36H38BrN3O5S. The van der Waals surface area contributed by atoms with E-state index in [-0.39, 0.29) is 29.8 Å². The van der Waals surface area contributed by atoms with Crippen molar-refractivity contribution in [3.05, 3.63) is 125 Å². The maximum absolute atomic E-state index is 14.6. The number of rotatable bonds is 13. The molecule has 1 aliphatic carbocycles. The first-order valence-corrected chi connectivity index (χ1v) is 17.6. The lowest BCUT2D eigenvalue weighted by molar-refractivity contribution is -0.140. The smallest absolute Gasteiger partial charge is 0.264 e. The molecule has 1 aliphatic rings. The fraction of sp³-hybridized carbons (Fsp3) is 0.278. The molecule has 1 fully saturated rings. The number of hydrogen-bond donors (Lipinski definition) is 1. The van der Waals surface area contributed by atoms with Crippen molar-refractivity contribution in [1.82, 2.24) is 10.2 Å². The van der Waals surface area contributed by atoms with Gasteiger partial charge in [0.2, 0.25) is 11.8 Å². The number of nitrogens with one attached hydrogen (secondary N) is 1. The largest absolute Gasteiger partial charge is 0.497 e. The van der Waals surface area contributed by atoms with Crippen LogP contribution in [0.4, 0.5) is 5.69 Å². The van der Waals surface area contributed by atoms with Gasteiger partial charge in [-0.1, -0.05) is 89.4 Å². The Morgan fingerprint density at radius 2 is 1.46 bits per heavy atom. The minimum absolute atomic E-state index is 0.0178. The van der Waals surface area contributed by atoms with Gasteiger partial charge in [-0.2, -0.15) is 0 Å². The van der Waals surface area contributed by atoms with Crippen LogP contribution in [-0.4, -0.2) is 50.9 Å². The van der Waals surface area contributed by atoms with Gasteiger partial charge in [0, 0.05) is 23.5 Å². The standard InChI is InChI=1S/C36H38BrN3O5S/c1-45-32-20-22-33(23-21-32)46(43,44)40(31-14-6-3-7-15-31)26-35(41)39(25-28-16-18-29(37)19-17-28)34(24-27-10-4-2-5-11-27)36(42)38-30-12-8-9-13-30/h2-7,10-11,14-23,30,34H,8-9,12-13,24-26H2,1H3,(H,38,42). The predicted octanol–water partition coefficient (Wildman–Crippen LogP) is 6.35. The zero-order valence-corrected chi connectivity index (χ0v) is 28.1. The first kappa shape index (κ1) is 33.2. The Bertz CT molecular complexity index is 1700. The Morgan fingerprint density at radius 3 is 2.07 bits per heavy atom.